The zero-order valence-corrected chi connectivity index (χ0v) is 22.0. The van der Waals surface area contributed by atoms with Crippen molar-refractivity contribution in [2.75, 3.05) is 14.8 Å². The first kappa shape index (κ1) is 26.8. The van der Waals surface area contributed by atoms with Crippen molar-refractivity contribution in [3.63, 3.8) is 0 Å². The summed E-state index contributed by atoms with van der Waals surface area (Å²) in [5.74, 6) is -1.00. The van der Waals surface area contributed by atoms with E-state index in [1.807, 2.05) is 6.92 Å². The van der Waals surface area contributed by atoms with Crippen LogP contribution >= 0.6 is 0 Å². The number of sulfonamides is 2. The number of hydrogen-bond donors (Lipinski definition) is 3. The second-order valence-electron chi connectivity index (χ2n) is 8.54. The molecular weight excluding hydrogens is 529 g/mol. The number of nitrogens with one attached hydrogen (secondary N) is 3. The van der Waals surface area contributed by atoms with Crippen molar-refractivity contribution in [2.45, 2.75) is 23.6 Å². The van der Waals surface area contributed by atoms with Crippen LogP contribution in [0, 0.1) is 19.7 Å². The monoisotopic (exact) mass is 553 g/mol. The molecule has 4 aromatic rings. The van der Waals surface area contributed by atoms with Crippen LogP contribution in [0.4, 0.5) is 21.5 Å². The van der Waals surface area contributed by atoms with Crippen molar-refractivity contribution in [3.05, 3.63) is 114 Å². The van der Waals surface area contributed by atoms with E-state index in [9.17, 15) is 26.0 Å². The number of carbonyl (C=O) groups excluding carboxylic acids is 1. The highest BCUT2D eigenvalue weighted by Crippen LogP contribution is 2.23. The zero-order valence-electron chi connectivity index (χ0n) is 20.4. The third-order valence-corrected chi connectivity index (χ3v) is 8.37. The molecule has 1 amide bonds. The summed E-state index contributed by atoms with van der Waals surface area (Å²) in [6, 6.07) is 21.4. The van der Waals surface area contributed by atoms with Gasteiger partial charge in [0.05, 0.1) is 15.5 Å². The number of anilines is 3. The maximum atomic E-state index is 13.1. The Morgan fingerprint density at radius 3 is 1.79 bits per heavy atom. The lowest BCUT2D eigenvalue weighted by Crippen LogP contribution is -2.16. The smallest absolute Gasteiger partial charge is 0.261 e. The largest absolute Gasteiger partial charge is 0.322 e. The van der Waals surface area contributed by atoms with E-state index >= 15 is 0 Å². The van der Waals surface area contributed by atoms with Gasteiger partial charge in [-0.1, -0.05) is 23.8 Å². The Labute approximate surface area is 220 Å². The molecule has 0 saturated heterocycles. The summed E-state index contributed by atoms with van der Waals surface area (Å²) >= 11 is 0. The predicted molar refractivity (Wildman–Crippen MR) is 145 cm³/mol. The average molecular weight is 554 g/mol. The third kappa shape index (κ3) is 6.36. The number of amides is 1. The van der Waals surface area contributed by atoms with Crippen molar-refractivity contribution < 1.29 is 26.0 Å². The highest BCUT2D eigenvalue weighted by Gasteiger charge is 2.18. The molecule has 0 radical (unpaired) electrons. The Hall–Kier alpha value is -4.22. The van der Waals surface area contributed by atoms with Crippen LogP contribution in [-0.4, -0.2) is 22.7 Å². The van der Waals surface area contributed by atoms with E-state index in [1.54, 1.807) is 31.2 Å². The van der Waals surface area contributed by atoms with Gasteiger partial charge in [-0.25, -0.2) is 21.2 Å². The van der Waals surface area contributed by atoms with E-state index in [-0.39, 0.29) is 26.7 Å². The summed E-state index contributed by atoms with van der Waals surface area (Å²) in [6.07, 6.45) is 0. The molecule has 8 nitrogen and oxygen atoms in total. The number of rotatable bonds is 8. The average Bonchev–Trinajstić information content (AvgIpc) is 2.87. The van der Waals surface area contributed by atoms with Crippen molar-refractivity contribution >= 4 is 43.0 Å². The minimum Gasteiger partial charge on any atom is -0.322 e. The van der Waals surface area contributed by atoms with E-state index in [2.05, 4.69) is 14.8 Å². The van der Waals surface area contributed by atoms with Crippen molar-refractivity contribution in [2.24, 2.45) is 0 Å². The Bertz CT molecular complexity index is 1690. The molecule has 11 heteroatoms. The van der Waals surface area contributed by atoms with Crippen LogP contribution in [0.15, 0.2) is 101 Å². The maximum absolute atomic E-state index is 13.1. The second kappa shape index (κ2) is 10.6. The Kier molecular flexibility index (Phi) is 7.51. The number of carbonyl (C=O) groups is 1. The molecule has 0 aliphatic carbocycles. The summed E-state index contributed by atoms with van der Waals surface area (Å²) in [7, 11) is -7.79. The summed E-state index contributed by atoms with van der Waals surface area (Å²) < 4.78 is 68.7. The summed E-state index contributed by atoms with van der Waals surface area (Å²) in [6.45, 7) is 3.57. The van der Waals surface area contributed by atoms with E-state index < -0.39 is 31.8 Å². The second-order valence-corrected chi connectivity index (χ2v) is 11.9. The maximum Gasteiger partial charge on any atom is 0.261 e. The van der Waals surface area contributed by atoms with Gasteiger partial charge in [-0.15, -0.1) is 0 Å². The fraction of sp³-hybridized carbons (Fsp3) is 0.0741. The summed E-state index contributed by atoms with van der Waals surface area (Å²) in [5, 5.41) is 2.67. The quantitative estimate of drug-likeness (QED) is 0.274. The number of aryl methyl sites for hydroxylation is 2. The molecular formula is C27H24FN3O5S2. The molecule has 0 aliphatic rings. The minimum atomic E-state index is -3.93. The van der Waals surface area contributed by atoms with Gasteiger partial charge in [0.2, 0.25) is 0 Å². The lowest BCUT2D eigenvalue weighted by atomic mass is 10.1. The van der Waals surface area contributed by atoms with Gasteiger partial charge >= 0.3 is 0 Å². The minimum absolute atomic E-state index is 0.0528. The molecule has 0 aliphatic heterocycles. The Morgan fingerprint density at radius 1 is 0.658 bits per heavy atom. The highest BCUT2D eigenvalue weighted by atomic mass is 32.2. The van der Waals surface area contributed by atoms with E-state index in [0.29, 0.717) is 11.3 Å². The molecule has 0 fully saturated rings. The third-order valence-electron chi connectivity index (χ3n) is 5.59. The molecule has 0 saturated carbocycles. The molecule has 38 heavy (non-hydrogen) atoms. The first-order chi connectivity index (χ1) is 17.9. The fourth-order valence-corrected chi connectivity index (χ4v) is 5.63. The van der Waals surface area contributed by atoms with Gasteiger partial charge in [0, 0.05) is 16.9 Å². The molecule has 4 rings (SSSR count). The van der Waals surface area contributed by atoms with Crippen LogP contribution in [0.3, 0.4) is 0 Å². The van der Waals surface area contributed by atoms with Gasteiger partial charge in [0.25, 0.3) is 26.0 Å². The standard InChI is InChI=1S/C27H24FN3O5S2/c1-18-3-13-24(14-4-18)38(35,36)31-26-17-20(6-5-19(26)2)27(32)29-22-11-15-25(16-12-22)37(33,34)30-23-9-7-21(28)8-10-23/h3-17,30-31H,1-2H3,(H,29,32). The van der Waals surface area contributed by atoms with E-state index in [0.717, 1.165) is 17.7 Å². The molecule has 196 valence electrons. The van der Waals surface area contributed by atoms with Gasteiger partial charge < -0.3 is 5.32 Å². The first-order valence-corrected chi connectivity index (χ1v) is 14.3. The normalized spacial score (nSPS) is 11.6. The van der Waals surface area contributed by atoms with E-state index in [4.69, 9.17) is 0 Å². The van der Waals surface area contributed by atoms with Gasteiger partial charge in [-0.05, 0) is 92.2 Å². The van der Waals surface area contributed by atoms with Gasteiger partial charge in [-0.3, -0.25) is 14.2 Å². The lowest BCUT2D eigenvalue weighted by molar-refractivity contribution is 0.102. The molecule has 0 aromatic heterocycles. The van der Waals surface area contributed by atoms with Crippen LogP contribution in [0.2, 0.25) is 0 Å². The summed E-state index contributed by atoms with van der Waals surface area (Å²) in [5.41, 5.74) is 2.54. The number of halogens is 1. The van der Waals surface area contributed by atoms with Crippen LogP contribution in [0.1, 0.15) is 21.5 Å². The Balaban J connectivity index is 1.47. The van der Waals surface area contributed by atoms with E-state index in [1.165, 1.54) is 54.6 Å². The SMILES string of the molecule is Cc1ccc(S(=O)(=O)Nc2cc(C(=O)Nc3ccc(S(=O)(=O)Nc4ccc(F)cc4)cc3)ccc2C)cc1. The molecule has 4 aromatic carbocycles. The first-order valence-electron chi connectivity index (χ1n) is 11.3. The topological polar surface area (TPSA) is 121 Å². The van der Waals surface area contributed by atoms with Crippen LogP contribution in [-0.2, 0) is 20.0 Å². The zero-order chi connectivity index (χ0) is 27.5. The van der Waals surface area contributed by atoms with Crippen LogP contribution < -0.4 is 14.8 Å². The van der Waals surface area contributed by atoms with Crippen molar-refractivity contribution in [1.82, 2.24) is 0 Å². The molecule has 0 bridgehead atoms. The number of hydrogen-bond acceptors (Lipinski definition) is 5. The Morgan fingerprint density at radius 2 is 1.18 bits per heavy atom. The summed E-state index contributed by atoms with van der Waals surface area (Å²) in [4.78, 5) is 12.9. The molecule has 0 atom stereocenters. The molecule has 0 heterocycles. The lowest BCUT2D eigenvalue weighted by Gasteiger charge is -2.13. The number of benzene rings is 4. The van der Waals surface area contributed by atoms with Gasteiger partial charge in [-0.2, -0.15) is 0 Å². The van der Waals surface area contributed by atoms with Gasteiger partial charge in [0.1, 0.15) is 5.82 Å². The fourth-order valence-electron chi connectivity index (χ4n) is 3.45. The van der Waals surface area contributed by atoms with Gasteiger partial charge in [0.15, 0.2) is 0 Å². The predicted octanol–water partition coefficient (Wildman–Crippen LogP) is 5.30. The molecule has 0 spiro atoms. The van der Waals surface area contributed by atoms with Crippen molar-refractivity contribution in [3.8, 4) is 0 Å². The van der Waals surface area contributed by atoms with Crippen LogP contribution in [0.25, 0.3) is 0 Å². The highest BCUT2D eigenvalue weighted by molar-refractivity contribution is 7.93. The molecule has 3 N–H and O–H groups in total. The molecule has 0 unspecified atom stereocenters. The van der Waals surface area contributed by atoms with Crippen molar-refractivity contribution in [1.29, 1.82) is 0 Å². The van der Waals surface area contributed by atoms with Crippen LogP contribution in [0.5, 0.6) is 0 Å².